The lowest BCUT2D eigenvalue weighted by Crippen LogP contribution is -2.25. The summed E-state index contributed by atoms with van der Waals surface area (Å²) in [5.41, 5.74) is 6.03. The number of nitrogens with one attached hydrogen (secondary N) is 1. The highest BCUT2D eigenvalue weighted by molar-refractivity contribution is 7.10. The number of hydrogen-bond donors (Lipinski definition) is 2. The van der Waals surface area contributed by atoms with Gasteiger partial charge in [-0.2, -0.15) is 0 Å². The summed E-state index contributed by atoms with van der Waals surface area (Å²) in [4.78, 5) is 2.60. The van der Waals surface area contributed by atoms with Crippen molar-refractivity contribution in [1.82, 2.24) is 5.32 Å². The van der Waals surface area contributed by atoms with Gasteiger partial charge in [0.25, 0.3) is 0 Å². The Labute approximate surface area is 97.8 Å². The van der Waals surface area contributed by atoms with Crippen molar-refractivity contribution in [2.24, 2.45) is 5.73 Å². The molecule has 2 nitrogen and oxygen atoms in total. The van der Waals surface area contributed by atoms with Crippen molar-refractivity contribution < 1.29 is 0 Å². The second-order valence-corrected chi connectivity index (χ2v) is 5.34. The fourth-order valence-electron chi connectivity index (χ4n) is 1.37. The molecular formula is C11H14N2S2. The van der Waals surface area contributed by atoms with E-state index in [-0.39, 0.29) is 6.04 Å². The van der Waals surface area contributed by atoms with E-state index >= 15 is 0 Å². The molecule has 0 bridgehead atoms. The van der Waals surface area contributed by atoms with Gasteiger partial charge >= 0.3 is 0 Å². The third-order valence-electron chi connectivity index (χ3n) is 2.15. The highest BCUT2D eigenvalue weighted by Crippen LogP contribution is 2.16. The maximum atomic E-state index is 6.03. The molecule has 0 saturated heterocycles. The van der Waals surface area contributed by atoms with Crippen LogP contribution in [0.3, 0.4) is 0 Å². The molecule has 4 heteroatoms. The maximum Gasteiger partial charge on any atom is 0.0516 e. The minimum atomic E-state index is 0.116. The van der Waals surface area contributed by atoms with Crippen molar-refractivity contribution in [2.75, 3.05) is 6.54 Å². The molecule has 0 aliphatic heterocycles. The van der Waals surface area contributed by atoms with Crippen molar-refractivity contribution in [1.29, 1.82) is 0 Å². The average molecular weight is 238 g/mol. The minimum Gasteiger partial charge on any atom is -0.322 e. The van der Waals surface area contributed by atoms with Crippen LogP contribution < -0.4 is 11.1 Å². The summed E-state index contributed by atoms with van der Waals surface area (Å²) in [6.07, 6.45) is 0. The first-order valence-electron chi connectivity index (χ1n) is 4.88. The molecule has 0 radical (unpaired) electrons. The van der Waals surface area contributed by atoms with Crippen LogP contribution in [-0.4, -0.2) is 6.54 Å². The molecule has 80 valence electrons. The first kappa shape index (κ1) is 10.8. The molecule has 0 fully saturated rings. The Balaban J connectivity index is 1.74. The number of nitrogens with two attached hydrogens (primary N) is 1. The van der Waals surface area contributed by atoms with Crippen LogP contribution in [0.15, 0.2) is 35.0 Å². The Morgan fingerprint density at radius 3 is 2.67 bits per heavy atom. The molecule has 0 spiro atoms. The Morgan fingerprint density at radius 1 is 1.20 bits per heavy atom. The van der Waals surface area contributed by atoms with Crippen molar-refractivity contribution in [3.05, 3.63) is 44.8 Å². The van der Waals surface area contributed by atoms with Crippen LogP contribution in [0.2, 0.25) is 0 Å². The van der Waals surface area contributed by atoms with E-state index in [2.05, 4.69) is 34.3 Å². The first-order chi connectivity index (χ1) is 7.36. The highest BCUT2D eigenvalue weighted by Gasteiger charge is 2.05. The topological polar surface area (TPSA) is 38.0 Å². The van der Waals surface area contributed by atoms with Crippen molar-refractivity contribution in [3.8, 4) is 0 Å². The van der Waals surface area contributed by atoms with Crippen molar-refractivity contribution in [2.45, 2.75) is 12.6 Å². The zero-order chi connectivity index (χ0) is 10.5. The van der Waals surface area contributed by atoms with Gasteiger partial charge < -0.3 is 11.1 Å². The lowest BCUT2D eigenvalue weighted by atomic mass is 10.2. The number of hydrogen-bond acceptors (Lipinski definition) is 4. The van der Waals surface area contributed by atoms with Crippen LogP contribution in [0, 0.1) is 0 Å². The molecular weight excluding hydrogens is 224 g/mol. The van der Waals surface area contributed by atoms with Crippen LogP contribution in [0.1, 0.15) is 15.8 Å². The van der Waals surface area contributed by atoms with Gasteiger partial charge in [0.2, 0.25) is 0 Å². The van der Waals surface area contributed by atoms with Gasteiger partial charge in [-0.15, -0.1) is 22.7 Å². The fourth-order valence-corrected chi connectivity index (χ4v) is 2.77. The molecule has 3 N–H and O–H groups in total. The van der Waals surface area contributed by atoms with E-state index in [1.165, 1.54) is 9.75 Å². The molecule has 1 atom stereocenters. The summed E-state index contributed by atoms with van der Waals surface area (Å²) in [5.74, 6) is 0. The molecule has 1 unspecified atom stereocenters. The molecule has 2 aromatic rings. The first-order valence-corrected chi connectivity index (χ1v) is 6.64. The number of thiophene rings is 2. The van der Waals surface area contributed by atoms with E-state index in [0.29, 0.717) is 0 Å². The number of rotatable bonds is 5. The lowest BCUT2D eigenvalue weighted by Gasteiger charge is -2.10. The van der Waals surface area contributed by atoms with Crippen LogP contribution in [0.4, 0.5) is 0 Å². The predicted octanol–water partition coefficient (Wildman–Crippen LogP) is 2.60. The van der Waals surface area contributed by atoms with Crippen molar-refractivity contribution >= 4 is 22.7 Å². The average Bonchev–Trinajstić information content (AvgIpc) is 2.90. The molecule has 0 saturated carbocycles. The molecule has 0 aliphatic rings. The Kier molecular flexibility index (Phi) is 3.91. The van der Waals surface area contributed by atoms with E-state index < -0.39 is 0 Å². The molecule has 15 heavy (non-hydrogen) atoms. The van der Waals surface area contributed by atoms with E-state index in [4.69, 9.17) is 5.73 Å². The van der Waals surface area contributed by atoms with E-state index in [1.807, 2.05) is 6.07 Å². The van der Waals surface area contributed by atoms with Crippen molar-refractivity contribution in [3.63, 3.8) is 0 Å². The van der Waals surface area contributed by atoms with Gasteiger partial charge in [0.1, 0.15) is 0 Å². The molecule has 0 aliphatic carbocycles. The summed E-state index contributed by atoms with van der Waals surface area (Å²) in [7, 11) is 0. The minimum absolute atomic E-state index is 0.116. The third-order valence-corrected chi connectivity index (χ3v) is 4.03. The quantitative estimate of drug-likeness (QED) is 0.840. The Morgan fingerprint density at radius 2 is 2.00 bits per heavy atom. The van der Waals surface area contributed by atoms with E-state index in [9.17, 15) is 0 Å². The molecule has 0 amide bonds. The highest BCUT2D eigenvalue weighted by atomic mass is 32.1. The van der Waals surface area contributed by atoms with Crippen LogP contribution >= 0.6 is 22.7 Å². The SMILES string of the molecule is NC(CNCc1cccs1)c1cccs1. The smallest absolute Gasteiger partial charge is 0.0516 e. The van der Waals surface area contributed by atoms with E-state index in [0.717, 1.165) is 13.1 Å². The van der Waals surface area contributed by atoms with Crippen LogP contribution in [0.5, 0.6) is 0 Å². The summed E-state index contributed by atoms with van der Waals surface area (Å²) in [5, 5.41) is 7.53. The van der Waals surface area contributed by atoms with Gasteiger partial charge in [-0.05, 0) is 22.9 Å². The summed E-state index contributed by atoms with van der Waals surface area (Å²) < 4.78 is 0. The maximum absolute atomic E-state index is 6.03. The largest absolute Gasteiger partial charge is 0.322 e. The van der Waals surface area contributed by atoms with Gasteiger partial charge in [0.15, 0.2) is 0 Å². The zero-order valence-electron chi connectivity index (χ0n) is 8.35. The molecule has 2 rings (SSSR count). The molecule has 2 aromatic heterocycles. The standard InChI is InChI=1S/C11H14N2S2/c12-10(11-4-2-6-15-11)8-13-7-9-3-1-5-14-9/h1-6,10,13H,7-8,12H2. The normalized spacial score (nSPS) is 12.9. The second kappa shape index (κ2) is 5.42. The zero-order valence-corrected chi connectivity index (χ0v) is 9.98. The Bertz CT molecular complexity index is 367. The van der Waals surface area contributed by atoms with Crippen LogP contribution in [0.25, 0.3) is 0 Å². The summed E-state index contributed by atoms with van der Waals surface area (Å²) >= 11 is 3.49. The monoisotopic (exact) mass is 238 g/mol. The Hall–Kier alpha value is -0.680. The molecule has 0 aromatic carbocycles. The van der Waals surface area contributed by atoms with Gasteiger partial charge in [-0.25, -0.2) is 0 Å². The summed E-state index contributed by atoms with van der Waals surface area (Å²) in [6.45, 7) is 1.75. The predicted molar refractivity (Wildman–Crippen MR) is 67.3 cm³/mol. The van der Waals surface area contributed by atoms with E-state index in [1.54, 1.807) is 22.7 Å². The second-order valence-electron chi connectivity index (χ2n) is 3.33. The summed E-state index contributed by atoms with van der Waals surface area (Å²) in [6, 6.07) is 8.45. The fraction of sp³-hybridized carbons (Fsp3) is 0.273. The van der Waals surface area contributed by atoms with Gasteiger partial charge in [0.05, 0.1) is 6.04 Å². The molecule has 2 heterocycles. The van der Waals surface area contributed by atoms with Gasteiger partial charge in [-0.3, -0.25) is 0 Å². The van der Waals surface area contributed by atoms with Crippen LogP contribution in [-0.2, 0) is 6.54 Å². The third kappa shape index (κ3) is 3.14. The lowest BCUT2D eigenvalue weighted by molar-refractivity contribution is 0.608. The van der Waals surface area contributed by atoms with Gasteiger partial charge in [0, 0.05) is 22.8 Å². The van der Waals surface area contributed by atoms with Gasteiger partial charge in [-0.1, -0.05) is 12.1 Å².